The van der Waals surface area contributed by atoms with Gasteiger partial charge in [-0.15, -0.1) is 0 Å². The van der Waals surface area contributed by atoms with Crippen molar-refractivity contribution >= 4 is 0 Å². The summed E-state index contributed by atoms with van der Waals surface area (Å²) in [6.07, 6.45) is 5.78. The van der Waals surface area contributed by atoms with Gasteiger partial charge in [-0.25, -0.2) is 0 Å². The van der Waals surface area contributed by atoms with Gasteiger partial charge in [-0.05, 0) is 51.4 Å². The van der Waals surface area contributed by atoms with Crippen LogP contribution in [0.3, 0.4) is 0 Å². The molecule has 0 amide bonds. The molecule has 0 rings (SSSR count). The first-order valence-corrected chi connectivity index (χ1v) is 20.0. The molecule has 0 bridgehead atoms. The third kappa shape index (κ3) is 27.7. The van der Waals surface area contributed by atoms with Crippen molar-refractivity contribution in [2.24, 2.45) is 22.9 Å². The highest BCUT2D eigenvalue weighted by Gasteiger charge is 2.21. The molecule has 308 valence electrons. The standard InChI is InChI=1S/C38H82N4O9/c1-9-29(39)17-46-33(13-5)21-43-23-37(50-27-35(15-7)48-19-31(41)11-3)25-45-26-38(51-28-36(16-8)49-20-32(42)12-4)24-44-22-34(14-6)47-18-30(40)10-2/h29-38H,9-28,39-42H2,1-8H3. The fraction of sp³-hybridized carbons (Fsp3) is 1.00. The Hall–Kier alpha value is -0.520. The predicted octanol–water partition coefficient (Wildman–Crippen LogP) is 3.94. The average Bonchev–Trinajstić information content (AvgIpc) is 3.15. The Morgan fingerprint density at radius 3 is 0.667 bits per heavy atom. The van der Waals surface area contributed by atoms with E-state index in [9.17, 15) is 0 Å². The maximum absolute atomic E-state index is 6.33. The lowest BCUT2D eigenvalue weighted by atomic mass is 10.2. The predicted molar refractivity (Wildman–Crippen MR) is 205 cm³/mol. The largest absolute Gasteiger partial charge is 0.376 e. The molecule has 0 saturated carbocycles. The minimum atomic E-state index is -0.331. The molecule has 51 heavy (non-hydrogen) atoms. The molecule has 0 heterocycles. The Morgan fingerprint density at radius 2 is 0.451 bits per heavy atom. The van der Waals surface area contributed by atoms with Crippen LogP contribution in [0.4, 0.5) is 0 Å². The molecule has 0 aromatic rings. The van der Waals surface area contributed by atoms with E-state index < -0.39 is 0 Å². The summed E-state index contributed by atoms with van der Waals surface area (Å²) in [5, 5.41) is 0. The molecule has 0 fully saturated rings. The van der Waals surface area contributed by atoms with Crippen LogP contribution < -0.4 is 22.9 Å². The van der Waals surface area contributed by atoms with Crippen molar-refractivity contribution in [3.8, 4) is 0 Å². The van der Waals surface area contributed by atoms with Crippen LogP contribution in [0, 0.1) is 0 Å². The lowest BCUT2D eigenvalue weighted by molar-refractivity contribution is -0.130. The molecule has 13 nitrogen and oxygen atoms in total. The van der Waals surface area contributed by atoms with Gasteiger partial charge in [0.25, 0.3) is 0 Å². The SMILES string of the molecule is CCC(N)COC(CC)COCC(COCC(COCC(CC)OCC(N)CC)OCC(CC)OCC(N)CC)OCC(CC)OCC(N)CC. The molecule has 8 N–H and O–H groups in total. The first kappa shape index (κ1) is 50.5. The number of nitrogens with two attached hydrogens (primary N) is 4. The van der Waals surface area contributed by atoms with Crippen LogP contribution in [-0.4, -0.2) is 140 Å². The molecule has 0 radical (unpaired) electrons. The first-order chi connectivity index (χ1) is 24.6. The van der Waals surface area contributed by atoms with Crippen LogP contribution in [0.15, 0.2) is 0 Å². The van der Waals surface area contributed by atoms with E-state index in [-0.39, 0.29) is 60.8 Å². The minimum Gasteiger partial charge on any atom is -0.376 e. The molecule has 10 atom stereocenters. The van der Waals surface area contributed by atoms with Crippen LogP contribution in [0.5, 0.6) is 0 Å². The van der Waals surface area contributed by atoms with Gasteiger partial charge in [-0.2, -0.15) is 0 Å². The Morgan fingerprint density at radius 1 is 0.255 bits per heavy atom. The monoisotopic (exact) mass is 739 g/mol. The van der Waals surface area contributed by atoms with Crippen LogP contribution in [0.25, 0.3) is 0 Å². The molecule has 10 unspecified atom stereocenters. The van der Waals surface area contributed by atoms with E-state index in [0.29, 0.717) is 79.3 Å². The van der Waals surface area contributed by atoms with Gasteiger partial charge in [-0.1, -0.05) is 55.4 Å². The van der Waals surface area contributed by atoms with Gasteiger partial charge in [0.05, 0.1) is 104 Å². The van der Waals surface area contributed by atoms with Crippen LogP contribution in [0.1, 0.15) is 107 Å². The minimum absolute atomic E-state index is 0.00152. The number of ether oxygens (including phenoxy) is 9. The third-order valence-electron chi connectivity index (χ3n) is 8.96. The van der Waals surface area contributed by atoms with Crippen LogP contribution >= 0.6 is 0 Å². The van der Waals surface area contributed by atoms with Crippen LogP contribution in [0.2, 0.25) is 0 Å². The molecule has 0 saturated heterocycles. The molecule has 0 aromatic heterocycles. The fourth-order valence-corrected chi connectivity index (χ4v) is 4.41. The van der Waals surface area contributed by atoms with E-state index >= 15 is 0 Å². The number of hydrogen-bond donors (Lipinski definition) is 4. The van der Waals surface area contributed by atoms with Crippen molar-refractivity contribution in [1.29, 1.82) is 0 Å². The number of rotatable bonds is 38. The normalized spacial score (nSPS) is 18.1. The Balaban J connectivity index is 5.45. The number of hydrogen-bond acceptors (Lipinski definition) is 13. The molecule has 13 heteroatoms. The Labute approximate surface area is 312 Å². The topological polar surface area (TPSA) is 187 Å². The zero-order valence-electron chi connectivity index (χ0n) is 33.9. The lowest BCUT2D eigenvalue weighted by Crippen LogP contribution is -2.37. The molecule has 0 aliphatic carbocycles. The lowest BCUT2D eigenvalue weighted by Gasteiger charge is -2.26. The molecule has 0 aliphatic heterocycles. The second-order valence-corrected chi connectivity index (χ2v) is 13.7. The van der Waals surface area contributed by atoms with E-state index in [2.05, 4.69) is 55.4 Å². The molecular formula is C38H82N4O9. The van der Waals surface area contributed by atoms with Crippen molar-refractivity contribution < 1.29 is 42.6 Å². The highest BCUT2D eigenvalue weighted by atomic mass is 16.6. The zero-order chi connectivity index (χ0) is 38.3. The summed E-state index contributed by atoms with van der Waals surface area (Å²) in [5.41, 5.74) is 24.3. The van der Waals surface area contributed by atoms with E-state index in [4.69, 9.17) is 65.6 Å². The summed E-state index contributed by atoms with van der Waals surface area (Å²) < 4.78 is 55.2. The van der Waals surface area contributed by atoms with Crippen LogP contribution in [-0.2, 0) is 42.6 Å². The van der Waals surface area contributed by atoms with E-state index in [1.807, 2.05) is 0 Å². The highest BCUT2D eigenvalue weighted by molar-refractivity contribution is 4.68. The second kappa shape index (κ2) is 34.0. The maximum Gasteiger partial charge on any atom is 0.104 e. The quantitative estimate of drug-likeness (QED) is 0.0715. The summed E-state index contributed by atoms with van der Waals surface area (Å²) in [6.45, 7) is 21.5. The van der Waals surface area contributed by atoms with E-state index in [1.54, 1.807) is 0 Å². The van der Waals surface area contributed by atoms with Gasteiger partial charge in [0.2, 0.25) is 0 Å². The van der Waals surface area contributed by atoms with Crippen molar-refractivity contribution in [1.82, 2.24) is 0 Å². The summed E-state index contributed by atoms with van der Waals surface area (Å²) >= 11 is 0. The van der Waals surface area contributed by atoms with Crippen molar-refractivity contribution in [3.63, 3.8) is 0 Å². The summed E-state index contributed by atoms with van der Waals surface area (Å²) in [4.78, 5) is 0. The molecule has 0 spiro atoms. The van der Waals surface area contributed by atoms with Gasteiger partial charge < -0.3 is 65.6 Å². The molecule has 0 aliphatic rings. The summed E-state index contributed by atoms with van der Waals surface area (Å²) in [7, 11) is 0. The maximum atomic E-state index is 6.33. The smallest absolute Gasteiger partial charge is 0.104 e. The molecule has 0 aromatic carbocycles. The fourth-order valence-electron chi connectivity index (χ4n) is 4.41. The van der Waals surface area contributed by atoms with Gasteiger partial charge in [0.15, 0.2) is 0 Å². The van der Waals surface area contributed by atoms with Crippen molar-refractivity contribution in [2.45, 2.75) is 168 Å². The van der Waals surface area contributed by atoms with Crippen molar-refractivity contribution in [2.75, 3.05) is 79.3 Å². The summed E-state index contributed by atoms with van der Waals surface area (Å²) in [5.74, 6) is 0. The van der Waals surface area contributed by atoms with Gasteiger partial charge in [0, 0.05) is 24.2 Å². The Kier molecular flexibility index (Phi) is 33.7. The highest BCUT2D eigenvalue weighted by Crippen LogP contribution is 2.10. The van der Waals surface area contributed by atoms with Gasteiger partial charge >= 0.3 is 0 Å². The second-order valence-electron chi connectivity index (χ2n) is 13.7. The first-order valence-electron chi connectivity index (χ1n) is 20.0. The Bertz CT molecular complexity index is 689. The van der Waals surface area contributed by atoms with E-state index in [1.165, 1.54) is 0 Å². The molecular weight excluding hydrogens is 656 g/mol. The van der Waals surface area contributed by atoms with E-state index in [0.717, 1.165) is 51.4 Å². The van der Waals surface area contributed by atoms with Gasteiger partial charge in [0.1, 0.15) is 12.2 Å². The summed E-state index contributed by atoms with van der Waals surface area (Å²) in [6, 6.07) is 0.0351. The van der Waals surface area contributed by atoms with Gasteiger partial charge in [-0.3, -0.25) is 0 Å². The van der Waals surface area contributed by atoms with Crippen molar-refractivity contribution in [3.05, 3.63) is 0 Å². The zero-order valence-corrected chi connectivity index (χ0v) is 33.9. The average molecular weight is 739 g/mol. The third-order valence-corrected chi connectivity index (χ3v) is 8.96.